The Bertz CT molecular complexity index is 505. The Balaban J connectivity index is 2.87. The van der Waals surface area contributed by atoms with Gasteiger partial charge in [-0.3, -0.25) is 9.00 Å². The fourth-order valence-electron chi connectivity index (χ4n) is 1.32. The fraction of sp³-hybridized carbons (Fsp3) is 0.333. The third-order valence-corrected chi connectivity index (χ3v) is 4.10. The molecule has 0 aliphatic rings. The Labute approximate surface area is 102 Å². The lowest BCUT2D eigenvalue weighted by atomic mass is 10.1. The SMILES string of the molecule is Cc1cc(C#N)ccc1CS(=O)C(C)C(=O)O. The van der Waals surface area contributed by atoms with E-state index in [9.17, 15) is 9.00 Å². The van der Waals surface area contributed by atoms with Crippen LogP contribution in [-0.2, 0) is 21.3 Å². The minimum absolute atomic E-state index is 0.199. The molecule has 0 fully saturated rings. The van der Waals surface area contributed by atoms with Crippen molar-refractivity contribution in [2.24, 2.45) is 0 Å². The Morgan fingerprint density at radius 2 is 2.24 bits per heavy atom. The number of hydrogen-bond acceptors (Lipinski definition) is 3. The van der Waals surface area contributed by atoms with Gasteiger partial charge in [0.2, 0.25) is 0 Å². The van der Waals surface area contributed by atoms with Crippen LogP contribution in [0.5, 0.6) is 0 Å². The Kier molecular flexibility index (Phi) is 4.41. The quantitative estimate of drug-likeness (QED) is 0.881. The minimum Gasteiger partial charge on any atom is -0.480 e. The Morgan fingerprint density at radius 1 is 1.59 bits per heavy atom. The van der Waals surface area contributed by atoms with E-state index in [1.807, 2.05) is 13.0 Å². The summed E-state index contributed by atoms with van der Waals surface area (Å²) in [4.78, 5) is 10.7. The van der Waals surface area contributed by atoms with Gasteiger partial charge in [-0.1, -0.05) is 6.07 Å². The summed E-state index contributed by atoms with van der Waals surface area (Å²) in [5.74, 6) is -0.861. The van der Waals surface area contributed by atoms with Gasteiger partial charge in [0.1, 0.15) is 5.25 Å². The average Bonchev–Trinajstić information content (AvgIpc) is 2.30. The lowest BCUT2D eigenvalue weighted by molar-refractivity contribution is -0.136. The number of aliphatic carboxylic acids is 1. The highest BCUT2D eigenvalue weighted by Crippen LogP contribution is 2.14. The molecule has 0 radical (unpaired) electrons. The van der Waals surface area contributed by atoms with Crippen LogP contribution in [0.15, 0.2) is 18.2 Å². The van der Waals surface area contributed by atoms with E-state index in [-0.39, 0.29) is 5.75 Å². The number of nitrogens with zero attached hydrogens (tertiary/aromatic N) is 1. The molecule has 5 heteroatoms. The first-order valence-electron chi connectivity index (χ1n) is 5.05. The highest BCUT2D eigenvalue weighted by atomic mass is 32.2. The van der Waals surface area contributed by atoms with Crippen molar-refractivity contribution in [1.82, 2.24) is 0 Å². The average molecular weight is 251 g/mol. The van der Waals surface area contributed by atoms with Gasteiger partial charge in [0.25, 0.3) is 0 Å². The van der Waals surface area contributed by atoms with E-state index in [1.54, 1.807) is 18.2 Å². The van der Waals surface area contributed by atoms with Crippen molar-refractivity contribution in [1.29, 1.82) is 5.26 Å². The van der Waals surface area contributed by atoms with Crippen LogP contribution in [0.3, 0.4) is 0 Å². The second-order valence-electron chi connectivity index (χ2n) is 3.76. The molecule has 1 aromatic rings. The summed E-state index contributed by atoms with van der Waals surface area (Å²) in [7, 11) is -1.45. The minimum atomic E-state index is -1.45. The normalized spacial score (nSPS) is 13.7. The summed E-state index contributed by atoms with van der Waals surface area (Å²) >= 11 is 0. The van der Waals surface area contributed by atoms with Crippen LogP contribution in [0.2, 0.25) is 0 Å². The van der Waals surface area contributed by atoms with Gasteiger partial charge in [0.15, 0.2) is 0 Å². The number of carboxylic acid groups (broad SMARTS) is 1. The number of carboxylic acids is 1. The van der Waals surface area contributed by atoms with Crippen LogP contribution >= 0.6 is 0 Å². The van der Waals surface area contributed by atoms with Crippen molar-refractivity contribution in [3.8, 4) is 6.07 Å². The fourth-order valence-corrected chi connectivity index (χ4v) is 2.42. The zero-order valence-electron chi connectivity index (χ0n) is 9.64. The summed E-state index contributed by atoms with van der Waals surface area (Å²) in [5, 5.41) is 16.6. The van der Waals surface area contributed by atoms with Gasteiger partial charge in [0, 0.05) is 16.6 Å². The van der Waals surface area contributed by atoms with E-state index in [1.165, 1.54) is 6.92 Å². The lowest BCUT2D eigenvalue weighted by Gasteiger charge is -2.09. The molecule has 2 unspecified atom stereocenters. The van der Waals surface area contributed by atoms with E-state index in [4.69, 9.17) is 10.4 Å². The second-order valence-corrected chi connectivity index (χ2v) is 5.52. The molecule has 0 saturated carbocycles. The topological polar surface area (TPSA) is 78.2 Å². The number of aryl methyl sites for hydroxylation is 1. The molecule has 0 spiro atoms. The molecule has 90 valence electrons. The highest BCUT2D eigenvalue weighted by molar-refractivity contribution is 7.85. The van der Waals surface area contributed by atoms with Crippen LogP contribution in [0, 0.1) is 18.3 Å². The summed E-state index contributed by atoms with van der Waals surface area (Å²) in [6, 6.07) is 7.09. The van der Waals surface area contributed by atoms with Gasteiger partial charge < -0.3 is 5.11 Å². The Morgan fingerprint density at radius 3 is 2.71 bits per heavy atom. The molecule has 1 aromatic carbocycles. The lowest BCUT2D eigenvalue weighted by Crippen LogP contribution is -2.23. The van der Waals surface area contributed by atoms with E-state index >= 15 is 0 Å². The highest BCUT2D eigenvalue weighted by Gasteiger charge is 2.19. The van der Waals surface area contributed by atoms with Gasteiger partial charge in [0.05, 0.1) is 11.6 Å². The molecular weight excluding hydrogens is 238 g/mol. The van der Waals surface area contributed by atoms with Gasteiger partial charge in [-0.2, -0.15) is 5.26 Å². The van der Waals surface area contributed by atoms with Crippen molar-refractivity contribution in [2.75, 3.05) is 0 Å². The molecule has 1 N–H and O–H groups in total. The summed E-state index contributed by atoms with van der Waals surface area (Å²) < 4.78 is 11.7. The molecule has 0 amide bonds. The summed E-state index contributed by atoms with van der Waals surface area (Å²) in [6.07, 6.45) is 0. The van der Waals surface area contributed by atoms with E-state index in [0.29, 0.717) is 5.56 Å². The maximum absolute atomic E-state index is 11.7. The van der Waals surface area contributed by atoms with Crippen molar-refractivity contribution < 1.29 is 14.1 Å². The second kappa shape index (κ2) is 5.60. The third-order valence-electron chi connectivity index (χ3n) is 2.51. The molecule has 4 nitrogen and oxygen atoms in total. The zero-order chi connectivity index (χ0) is 13.0. The standard InChI is InChI=1S/C12H13NO3S/c1-8-5-10(6-13)3-4-11(8)7-17(16)9(2)12(14)15/h3-5,9H,7H2,1-2H3,(H,14,15). The predicted molar refractivity (Wildman–Crippen MR) is 64.8 cm³/mol. The third kappa shape index (κ3) is 3.40. The number of nitriles is 1. The molecule has 0 bridgehead atoms. The summed E-state index contributed by atoms with van der Waals surface area (Å²) in [5.41, 5.74) is 2.22. The first kappa shape index (κ1) is 13.4. The number of benzene rings is 1. The smallest absolute Gasteiger partial charge is 0.318 e. The molecule has 17 heavy (non-hydrogen) atoms. The van der Waals surface area contributed by atoms with E-state index < -0.39 is 22.0 Å². The van der Waals surface area contributed by atoms with Crippen molar-refractivity contribution >= 4 is 16.8 Å². The summed E-state index contributed by atoms with van der Waals surface area (Å²) in [6.45, 7) is 3.25. The number of carbonyl (C=O) groups is 1. The predicted octanol–water partition coefficient (Wildman–Crippen LogP) is 1.59. The monoisotopic (exact) mass is 251 g/mol. The van der Waals surface area contributed by atoms with Crippen LogP contribution in [0.1, 0.15) is 23.6 Å². The maximum Gasteiger partial charge on any atom is 0.318 e. The van der Waals surface area contributed by atoms with Gasteiger partial charge in [-0.15, -0.1) is 0 Å². The molecule has 0 aliphatic heterocycles. The molecule has 2 atom stereocenters. The number of hydrogen-bond donors (Lipinski definition) is 1. The molecule has 0 heterocycles. The molecular formula is C12H13NO3S. The number of rotatable bonds is 4. The first-order chi connectivity index (χ1) is 7.95. The van der Waals surface area contributed by atoms with E-state index in [2.05, 4.69) is 0 Å². The van der Waals surface area contributed by atoms with Crippen molar-refractivity contribution in [3.63, 3.8) is 0 Å². The largest absolute Gasteiger partial charge is 0.480 e. The van der Waals surface area contributed by atoms with Crippen LogP contribution in [0.25, 0.3) is 0 Å². The molecule has 0 aliphatic carbocycles. The van der Waals surface area contributed by atoms with Crippen LogP contribution in [0.4, 0.5) is 0 Å². The van der Waals surface area contributed by atoms with Crippen LogP contribution in [-0.4, -0.2) is 20.5 Å². The van der Waals surface area contributed by atoms with E-state index in [0.717, 1.165) is 11.1 Å². The molecule has 0 saturated heterocycles. The zero-order valence-corrected chi connectivity index (χ0v) is 10.5. The first-order valence-corrected chi connectivity index (χ1v) is 6.43. The Hall–Kier alpha value is -1.67. The van der Waals surface area contributed by atoms with Crippen molar-refractivity contribution in [2.45, 2.75) is 24.9 Å². The maximum atomic E-state index is 11.7. The molecule has 0 aromatic heterocycles. The van der Waals surface area contributed by atoms with Gasteiger partial charge in [-0.05, 0) is 37.1 Å². The molecule has 1 rings (SSSR count). The van der Waals surface area contributed by atoms with Crippen LogP contribution < -0.4 is 0 Å². The van der Waals surface area contributed by atoms with Crippen molar-refractivity contribution in [3.05, 3.63) is 34.9 Å². The van der Waals surface area contributed by atoms with Gasteiger partial charge in [-0.25, -0.2) is 0 Å². The van der Waals surface area contributed by atoms with Gasteiger partial charge >= 0.3 is 5.97 Å².